The maximum absolute atomic E-state index is 12.8. The summed E-state index contributed by atoms with van der Waals surface area (Å²) in [6, 6.07) is 12.0. The molecule has 140 valence electrons. The van der Waals surface area contributed by atoms with Gasteiger partial charge in [0.1, 0.15) is 17.3 Å². The predicted octanol–water partition coefficient (Wildman–Crippen LogP) is 4.07. The summed E-state index contributed by atoms with van der Waals surface area (Å²) in [6.07, 6.45) is 1.85. The van der Waals surface area contributed by atoms with Crippen molar-refractivity contribution in [2.24, 2.45) is 0 Å². The van der Waals surface area contributed by atoms with Gasteiger partial charge in [0.25, 0.3) is 0 Å². The fourth-order valence-electron chi connectivity index (χ4n) is 2.43. The van der Waals surface area contributed by atoms with E-state index in [1.807, 2.05) is 18.2 Å². The number of carbonyl (C=O) groups is 1. The van der Waals surface area contributed by atoms with Crippen molar-refractivity contribution < 1.29 is 18.7 Å². The van der Waals surface area contributed by atoms with Crippen LogP contribution in [0, 0.1) is 5.82 Å². The molecule has 1 amide bonds. The van der Waals surface area contributed by atoms with E-state index < -0.39 is 0 Å². The van der Waals surface area contributed by atoms with Gasteiger partial charge in [-0.05, 0) is 66.6 Å². The lowest BCUT2D eigenvalue weighted by atomic mass is 10.1. The number of hydrogen-bond acceptors (Lipinski definition) is 4. The zero-order valence-electron chi connectivity index (χ0n) is 15.1. The quantitative estimate of drug-likeness (QED) is 0.501. The molecule has 0 radical (unpaired) electrons. The molecule has 0 saturated heterocycles. The van der Waals surface area contributed by atoms with Crippen molar-refractivity contribution in [1.29, 1.82) is 0 Å². The van der Waals surface area contributed by atoms with E-state index in [2.05, 4.69) is 5.32 Å². The molecule has 0 aliphatic heterocycles. The van der Waals surface area contributed by atoms with Crippen LogP contribution in [0.5, 0.6) is 11.5 Å². The first-order chi connectivity index (χ1) is 12.6. The Morgan fingerprint density at radius 1 is 1.12 bits per heavy atom. The van der Waals surface area contributed by atoms with Gasteiger partial charge in [0.15, 0.2) is 0 Å². The molecule has 0 aromatic heterocycles. The Labute approximate surface area is 158 Å². The van der Waals surface area contributed by atoms with Crippen LogP contribution >= 0.6 is 11.8 Å². The molecule has 0 bridgehead atoms. The normalized spacial score (nSPS) is 10.4. The summed E-state index contributed by atoms with van der Waals surface area (Å²) in [5.74, 6) is 2.17. The molecular formula is C20H24FNO3S. The Morgan fingerprint density at radius 2 is 1.88 bits per heavy atom. The van der Waals surface area contributed by atoms with Crippen LogP contribution in [0.1, 0.15) is 18.4 Å². The minimum atomic E-state index is -0.228. The number of hydrogen-bond donors (Lipinski definition) is 1. The molecule has 0 heterocycles. The van der Waals surface area contributed by atoms with Crippen LogP contribution < -0.4 is 14.8 Å². The van der Waals surface area contributed by atoms with Crippen molar-refractivity contribution in [2.75, 3.05) is 26.5 Å². The molecule has 2 aromatic rings. The number of amides is 1. The Morgan fingerprint density at radius 3 is 2.58 bits per heavy atom. The van der Waals surface area contributed by atoms with E-state index in [0.717, 1.165) is 34.1 Å². The van der Waals surface area contributed by atoms with Gasteiger partial charge in [-0.1, -0.05) is 0 Å². The summed E-state index contributed by atoms with van der Waals surface area (Å²) in [4.78, 5) is 13.0. The summed E-state index contributed by atoms with van der Waals surface area (Å²) in [5, 5.41) is 2.93. The fraction of sp³-hybridized carbons (Fsp3) is 0.350. The van der Waals surface area contributed by atoms with Crippen molar-refractivity contribution >= 4 is 17.7 Å². The van der Waals surface area contributed by atoms with Gasteiger partial charge in [0, 0.05) is 17.9 Å². The van der Waals surface area contributed by atoms with Gasteiger partial charge in [0.2, 0.25) is 5.91 Å². The molecule has 0 aliphatic rings. The van der Waals surface area contributed by atoms with Crippen molar-refractivity contribution in [1.82, 2.24) is 5.32 Å². The zero-order chi connectivity index (χ0) is 18.8. The summed E-state index contributed by atoms with van der Waals surface area (Å²) >= 11 is 1.65. The standard InChI is InChI=1S/C20H24FNO3S/c1-24-17-7-10-19(25-2)15(14-17)4-11-20(23)22-12-3-13-26-18-8-5-16(21)6-9-18/h5-10,14H,3-4,11-13H2,1-2H3,(H,22,23). The Balaban J connectivity index is 1.67. The van der Waals surface area contributed by atoms with E-state index in [0.29, 0.717) is 19.4 Å². The van der Waals surface area contributed by atoms with Crippen LogP contribution in [-0.4, -0.2) is 32.4 Å². The molecule has 0 atom stereocenters. The van der Waals surface area contributed by atoms with Crippen molar-refractivity contribution in [2.45, 2.75) is 24.2 Å². The number of nitrogens with one attached hydrogen (secondary N) is 1. The van der Waals surface area contributed by atoms with Crippen molar-refractivity contribution in [3.8, 4) is 11.5 Å². The molecule has 26 heavy (non-hydrogen) atoms. The number of aryl methyl sites for hydroxylation is 1. The lowest BCUT2D eigenvalue weighted by Gasteiger charge is -2.10. The van der Waals surface area contributed by atoms with Crippen molar-refractivity contribution in [3.63, 3.8) is 0 Å². The van der Waals surface area contributed by atoms with Gasteiger partial charge >= 0.3 is 0 Å². The van der Waals surface area contributed by atoms with E-state index in [-0.39, 0.29) is 11.7 Å². The minimum absolute atomic E-state index is 0.0154. The Kier molecular flexibility index (Phi) is 8.28. The van der Waals surface area contributed by atoms with Gasteiger partial charge in [-0.2, -0.15) is 0 Å². The maximum Gasteiger partial charge on any atom is 0.220 e. The van der Waals surface area contributed by atoms with Gasteiger partial charge in [-0.3, -0.25) is 4.79 Å². The smallest absolute Gasteiger partial charge is 0.220 e. The number of rotatable bonds is 10. The molecular weight excluding hydrogens is 353 g/mol. The molecule has 2 rings (SSSR count). The molecule has 0 unspecified atom stereocenters. The monoisotopic (exact) mass is 377 g/mol. The highest BCUT2D eigenvalue weighted by atomic mass is 32.2. The molecule has 2 aromatic carbocycles. The van der Waals surface area contributed by atoms with Gasteiger partial charge in [0.05, 0.1) is 14.2 Å². The first-order valence-corrected chi connectivity index (χ1v) is 9.47. The van der Waals surface area contributed by atoms with Crippen LogP contribution in [0.15, 0.2) is 47.4 Å². The second-order valence-corrected chi connectivity index (χ2v) is 6.85. The first-order valence-electron chi connectivity index (χ1n) is 8.48. The molecule has 0 aliphatic carbocycles. The molecule has 1 N–H and O–H groups in total. The van der Waals surface area contributed by atoms with Crippen molar-refractivity contribution in [3.05, 3.63) is 53.8 Å². The third-order valence-electron chi connectivity index (χ3n) is 3.83. The summed E-state index contributed by atoms with van der Waals surface area (Å²) < 4.78 is 23.4. The van der Waals surface area contributed by atoms with Gasteiger partial charge in [-0.15, -0.1) is 11.8 Å². The molecule has 0 saturated carbocycles. The third kappa shape index (κ3) is 6.59. The number of ether oxygens (including phenoxy) is 2. The second kappa shape index (κ2) is 10.7. The van der Waals surface area contributed by atoms with Gasteiger partial charge in [-0.25, -0.2) is 4.39 Å². The topological polar surface area (TPSA) is 47.6 Å². The highest BCUT2D eigenvalue weighted by Crippen LogP contribution is 2.25. The average molecular weight is 377 g/mol. The SMILES string of the molecule is COc1ccc(OC)c(CCC(=O)NCCCSc2ccc(F)cc2)c1. The second-order valence-electron chi connectivity index (χ2n) is 5.68. The predicted molar refractivity (Wildman–Crippen MR) is 103 cm³/mol. The number of methoxy groups -OCH3 is 2. The van der Waals surface area contributed by atoms with E-state index in [1.165, 1.54) is 12.1 Å². The molecule has 6 heteroatoms. The molecule has 0 spiro atoms. The summed E-state index contributed by atoms with van der Waals surface area (Å²) in [6.45, 7) is 0.627. The fourth-order valence-corrected chi connectivity index (χ4v) is 3.29. The van der Waals surface area contributed by atoms with E-state index in [9.17, 15) is 9.18 Å². The Hall–Kier alpha value is -2.21. The van der Waals surface area contributed by atoms with Crippen LogP contribution in [0.4, 0.5) is 4.39 Å². The van der Waals surface area contributed by atoms with Crippen LogP contribution in [0.3, 0.4) is 0 Å². The lowest BCUT2D eigenvalue weighted by Crippen LogP contribution is -2.25. The molecule has 0 fully saturated rings. The van der Waals surface area contributed by atoms with Crippen LogP contribution in [0.25, 0.3) is 0 Å². The van der Waals surface area contributed by atoms with Gasteiger partial charge < -0.3 is 14.8 Å². The largest absolute Gasteiger partial charge is 0.497 e. The van der Waals surface area contributed by atoms with Crippen LogP contribution in [0.2, 0.25) is 0 Å². The van der Waals surface area contributed by atoms with E-state index in [1.54, 1.807) is 38.1 Å². The maximum atomic E-state index is 12.8. The minimum Gasteiger partial charge on any atom is -0.497 e. The lowest BCUT2D eigenvalue weighted by molar-refractivity contribution is -0.121. The summed E-state index contributed by atoms with van der Waals surface area (Å²) in [7, 11) is 3.23. The van der Waals surface area contributed by atoms with Crippen LogP contribution in [-0.2, 0) is 11.2 Å². The highest BCUT2D eigenvalue weighted by molar-refractivity contribution is 7.99. The summed E-state index contributed by atoms with van der Waals surface area (Å²) in [5.41, 5.74) is 0.953. The third-order valence-corrected chi connectivity index (χ3v) is 4.93. The van der Waals surface area contributed by atoms with E-state index >= 15 is 0 Å². The number of benzene rings is 2. The number of carbonyl (C=O) groups excluding carboxylic acids is 1. The highest BCUT2D eigenvalue weighted by Gasteiger charge is 2.08. The Bertz CT molecular complexity index is 707. The molecule has 4 nitrogen and oxygen atoms in total. The number of thioether (sulfide) groups is 1. The first kappa shape index (κ1) is 20.1. The zero-order valence-corrected chi connectivity index (χ0v) is 15.9. The van der Waals surface area contributed by atoms with E-state index in [4.69, 9.17) is 9.47 Å². The average Bonchev–Trinajstić information content (AvgIpc) is 2.67. The number of halogens is 1.